The molecule has 3 rings (SSSR count). The van der Waals surface area contributed by atoms with Crippen LogP contribution in [0.15, 0.2) is 42.5 Å². The van der Waals surface area contributed by atoms with E-state index in [4.69, 9.17) is 10.5 Å². The Morgan fingerprint density at radius 2 is 1.47 bits per heavy atom. The molecular formula is C15H11NO3. The minimum atomic E-state index is -0.200. The summed E-state index contributed by atoms with van der Waals surface area (Å²) in [6.07, 6.45) is 0. The summed E-state index contributed by atoms with van der Waals surface area (Å²) in [5, 5.41) is 0. The van der Waals surface area contributed by atoms with Gasteiger partial charge in [0.05, 0.1) is 5.56 Å². The van der Waals surface area contributed by atoms with E-state index in [1.807, 2.05) is 0 Å². The molecule has 0 radical (unpaired) electrons. The highest BCUT2D eigenvalue weighted by atomic mass is 16.5. The van der Waals surface area contributed by atoms with Gasteiger partial charge in [0.15, 0.2) is 11.6 Å². The van der Waals surface area contributed by atoms with Crippen molar-refractivity contribution >= 4 is 11.6 Å². The quantitative estimate of drug-likeness (QED) is 0.706. The molecule has 94 valence electrons. The maximum absolute atomic E-state index is 12.5. The van der Waals surface area contributed by atoms with E-state index in [1.165, 1.54) is 0 Å². The van der Waals surface area contributed by atoms with E-state index < -0.39 is 0 Å². The van der Waals surface area contributed by atoms with Crippen molar-refractivity contribution in [3.05, 3.63) is 64.7 Å². The zero-order valence-electron chi connectivity index (χ0n) is 10.1. The molecule has 1 aliphatic carbocycles. The van der Waals surface area contributed by atoms with Gasteiger partial charge in [-0.25, -0.2) is 0 Å². The molecule has 0 saturated heterocycles. The van der Waals surface area contributed by atoms with Gasteiger partial charge in [-0.2, -0.15) is 0 Å². The molecule has 2 aromatic carbocycles. The summed E-state index contributed by atoms with van der Waals surface area (Å²) in [5.41, 5.74) is 6.87. The lowest BCUT2D eigenvalue weighted by Crippen LogP contribution is -2.22. The van der Waals surface area contributed by atoms with Crippen molar-refractivity contribution in [2.45, 2.75) is 0 Å². The largest absolute Gasteiger partial charge is 0.478 e. The first kappa shape index (κ1) is 11.6. The molecule has 0 spiro atoms. The molecule has 19 heavy (non-hydrogen) atoms. The van der Waals surface area contributed by atoms with Crippen LogP contribution in [0.3, 0.4) is 0 Å². The average Bonchev–Trinajstić information content (AvgIpc) is 2.45. The third-order valence-electron chi connectivity index (χ3n) is 3.15. The van der Waals surface area contributed by atoms with Crippen LogP contribution >= 0.6 is 0 Å². The second-order valence-corrected chi connectivity index (χ2v) is 4.19. The highest BCUT2D eigenvalue weighted by molar-refractivity contribution is 6.29. The SMILES string of the molecule is NCOc1cccc2c1C(=O)c1ccccc1C2=O. The summed E-state index contributed by atoms with van der Waals surface area (Å²) < 4.78 is 5.24. The highest BCUT2D eigenvalue weighted by Gasteiger charge is 2.31. The average molecular weight is 253 g/mol. The van der Waals surface area contributed by atoms with Crippen molar-refractivity contribution in [3.63, 3.8) is 0 Å². The second-order valence-electron chi connectivity index (χ2n) is 4.19. The van der Waals surface area contributed by atoms with Crippen LogP contribution in [0, 0.1) is 0 Å². The lowest BCUT2D eigenvalue weighted by atomic mass is 9.84. The second kappa shape index (κ2) is 4.33. The van der Waals surface area contributed by atoms with Gasteiger partial charge in [-0.1, -0.05) is 36.4 Å². The molecule has 2 N–H and O–H groups in total. The van der Waals surface area contributed by atoms with E-state index in [1.54, 1.807) is 42.5 Å². The third-order valence-corrected chi connectivity index (χ3v) is 3.15. The van der Waals surface area contributed by atoms with E-state index in [2.05, 4.69) is 0 Å². The van der Waals surface area contributed by atoms with Gasteiger partial charge in [-0.15, -0.1) is 0 Å². The molecule has 0 aromatic heterocycles. The third kappa shape index (κ3) is 1.65. The van der Waals surface area contributed by atoms with Crippen LogP contribution in [-0.2, 0) is 0 Å². The van der Waals surface area contributed by atoms with Gasteiger partial charge in [-0.05, 0) is 6.07 Å². The number of nitrogens with two attached hydrogens (primary N) is 1. The number of rotatable bonds is 2. The van der Waals surface area contributed by atoms with Crippen molar-refractivity contribution in [3.8, 4) is 5.75 Å². The summed E-state index contributed by atoms with van der Waals surface area (Å²) in [6.45, 7) is -0.0421. The normalized spacial score (nSPS) is 12.9. The van der Waals surface area contributed by atoms with Gasteiger partial charge in [0, 0.05) is 16.7 Å². The van der Waals surface area contributed by atoms with Crippen LogP contribution < -0.4 is 10.5 Å². The molecule has 0 fully saturated rings. The van der Waals surface area contributed by atoms with Gasteiger partial charge in [0.1, 0.15) is 12.5 Å². The summed E-state index contributed by atoms with van der Waals surface area (Å²) in [6, 6.07) is 11.8. The highest BCUT2D eigenvalue weighted by Crippen LogP contribution is 2.32. The summed E-state index contributed by atoms with van der Waals surface area (Å²) >= 11 is 0. The Bertz CT molecular complexity index is 692. The Morgan fingerprint density at radius 1 is 0.842 bits per heavy atom. The molecule has 4 heteroatoms. The first-order valence-electron chi connectivity index (χ1n) is 5.88. The van der Waals surface area contributed by atoms with Gasteiger partial charge < -0.3 is 4.74 Å². The fraction of sp³-hybridized carbons (Fsp3) is 0.0667. The Balaban J connectivity index is 2.27. The van der Waals surface area contributed by atoms with E-state index in [0.717, 1.165) is 0 Å². The van der Waals surface area contributed by atoms with Crippen LogP contribution in [0.1, 0.15) is 31.8 Å². The molecule has 0 heterocycles. The predicted octanol–water partition coefficient (Wildman–Crippen LogP) is 1.76. The van der Waals surface area contributed by atoms with Gasteiger partial charge in [0.25, 0.3) is 0 Å². The van der Waals surface area contributed by atoms with Crippen LogP contribution in [0.4, 0.5) is 0 Å². The number of benzene rings is 2. The lowest BCUT2D eigenvalue weighted by Gasteiger charge is -2.19. The summed E-state index contributed by atoms with van der Waals surface area (Å²) in [4.78, 5) is 24.8. The molecule has 0 bridgehead atoms. The first-order valence-corrected chi connectivity index (χ1v) is 5.88. The molecular weight excluding hydrogens is 242 g/mol. The molecule has 4 nitrogen and oxygen atoms in total. The van der Waals surface area contributed by atoms with Crippen LogP contribution in [0.25, 0.3) is 0 Å². The summed E-state index contributed by atoms with van der Waals surface area (Å²) in [7, 11) is 0. The van der Waals surface area contributed by atoms with E-state index in [0.29, 0.717) is 28.0 Å². The fourth-order valence-corrected chi connectivity index (χ4v) is 2.32. The first-order chi connectivity index (χ1) is 9.24. The van der Waals surface area contributed by atoms with Crippen molar-refractivity contribution in [1.82, 2.24) is 0 Å². The molecule has 2 aromatic rings. The van der Waals surface area contributed by atoms with E-state index in [-0.39, 0.29) is 18.3 Å². The number of hydrogen-bond donors (Lipinski definition) is 1. The number of ether oxygens (including phenoxy) is 1. The maximum Gasteiger partial charge on any atom is 0.198 e. The zero-order chi connectivity index (χ0) is 13.4. The molecule has 0 atom stereocenters. The number of ketones is 2. The number of hydrogen-bond acceptors (Lipinski definition) is 4. The van der Waals surface area contributed by atoms with Crippen molar-refractivity contribution in [1.29, 1.82) is 0 Å². The minimum absolute atomic E-state index is 0.0421. The Labute approximate surface area is 109 Å². The Hall–Kier alpha value is -2.46. The molecule has 0 unspecified atom stereocenters. The Kier molecular flexibility index (Phi) is 2.65. The number of carbonyl (C=O) groups is 2. The maximum atomic E-state index is 12.5. The smallest absolute Gasteiger partial charge is 0.198 e. The molecule has 1 aliphatic rings. The van der Waals surface area contributed by atoms with Gasteiger partial charge >= 0.3 is 0 Å². The summed E-state index contributed by atoms with van der Waals surface area (Å²) in [5.74, 6) is -0.00484. The van der Waals surface area contributed by atoms with Gasteiger partial charge in [0.2, 0.25) is 0 Å². The van der Waals surface area contributed by atoms with Crippen LogP contribution in [0.2, 0.25) is 0 Å². The van der Waals surface area contributed by atoms with E-state index >= 15 is 0 Å². The van der Waals surface area contributed by atoms with Crippen molar-refractivity contribution in [2.24, 2.45) is 5.73 Å². The van der Waals surface area contributed by atoms with E-state index in [9.17, 15) is 9.59 Å². The fourth-order valence-electron chi connectivity index (χ4n) is 2.32. The number of fused-ring (bicyclic) bond motifs is 2. The standard InChI is InChI=1S/C15H11NO3/c16-8-19-12-7-3-6-11-13(12)15(18)10-5-2-1-4-9(10)14(11)17/h1-7H,8,16H2. The lowest BCUT2D eigenvalue weighted by molar-refractivity contribution is 0.0975. The van der Waals surface area contributed by atoms with Crippen molar-refractivity contribution in [2.75, 3.05) is 6.73 Å². The topological polar surface area (TPSA) is 69.4 Å². The predicted molar refractivity (Wildman–Crippen MR) is 69.4 cm³/mol. The zero-order valence-corrected chi connectivity index (χ0v) is 10.1. The van der Waals surface area contributed by atoms with Crippen molar-refractivity contribution < 1.29 is 14.3 Å². The Morgan fingerprint density at radius 3 is 2.16 bits per heavy atom. The minimum Gasteiger partial charge on any atom is -0.478 e. The molecule has 0 amide bonds. The monoisotopic (exact) mass is 253 g/mol. The molecule has 0 saturated carbocycles. The van der Waals surface area contributed by atoms with Gasteiger partial charge in [-0.3, -0.25) is 15.3 Å². The molecule has 0 aliphatic heterocycles. The number of carbonyl (C=O) groups excluding carboxylic acids is 2. The van der Waals surface area contributed by atoms with Crippen LogP contribution in [0.5, 0.6) is 5.75 Å². The van der Waals surface area contributed by atoms with Crippen LogP contribution in [-0.4, -0.2) is 18.3 Å².